The molecule has 0 radical (unpaired) electrons. The number of furan rings is 1. The van der Waals surface area contributed by atoms with Gasteiger partial charge in [-0.3, -0.25) is 4.79 Å². The molecule has 0 saturated heterocycles. The van der Waals surface area contributed by atoms with Gasteiger partial charge >= 0.3 is 0 Å². The van der Waals surface area contributed by atoms with Crippen LogP contribution >= 0.6 is 0 Å². The Hall–Kier alpha value is -2.23. The minimum absolute atomic E-state index is 0.0631. The van der Waals surface area contributed by atoms with E-state index in [1.54, 1.807) is 12.3 Å². The summed E-state index contributed by atoms with van der Waals surface area (Å²) in [6.45, 7) is 0. The van der Waals surface area contributed by atoms with E-state index >= 15 is 0 Å². The van der Waals surface area contributed by atoms with Crippen LogP contribution in [0, 0.1) is 0 Å². The number of hydrogen-bond donors (Lipinski definition) is 2. The van der Waals surface area contributed by atoms with Crippen molar-refractivity contribution in [1.82, 2.24) is 0 Å². The highest BCUT2D eigenvalue weighted by atomic mass is 16.3. The molecule has 1 aliphatic rings. The lowest BCUT2D eigenvalue weighted by Gasteiger charge is -2.07. The molecule has 0 spiro atoms. The highest BCUT2D eigenvalue weighted by Crippen LogP contribution is 2.35. The number of benzene rings is 1. The molecule has 4 heteroatoms. The number of aldehydes is 1. The minimum Gasteiger partial charge on any atom is -0.465 e. The van der Waals surface area contributed by atoms with Crippen molar-refractivity contribution in [2.45, 2.75) is 6.17 Å². The smallest absolute Gasteiger partial charge is 0.157 e. The first kappa shape index (κ1) is 9.03. The predicted molar refractivity (Wildman–Crippen MR) is 60.5 cm³/mol. The topological polar surface area (TPSA) is 54.3 Å². The van der Waals surface area contributed by atoms with Crippen LogP contribution < -0.4 is 10.6 Å². The van der Waals surface area contributed by atoms with Gasteiger partial charge in [-0.2, -0.15) is 0 Å². The molecular weight excluding hydrogens is 204 g/mol. The summed E-state index contributed by atoms with van der Waals surface area (Å²) in [6.07, 6.45) is 2.41. The molecule has 2 aromatic rings. The fraction of sp³-hybridized carbons (Fsp3) is 0.0833. The summed E-state index contributed by atoms with van der Waals surface area (Å²) < 4.78 is 5.31. The quantitative estimate of drug-likeness (QED) is 0.754. The van der Waals surface area contributed by atoms with Crippen molar-refractivity contribution in [1.29, 1.82) is 0 Å². The van der Waals surface area contributed by atoms with Crippen molar-refractivity contribution in [3.63, 3.8) is 0 Å². The maximum absolute atomic E-state index is 10.6. The van der Waals surface area contributed by atoms with Crippen molar-refractivity contribution in [3.8, 4) is 0 Å². The summed E-state index contributed by atoms with van der Waals surface area (Å²) in [5, 5.41) is 6.52. The predicted octanol–water partition coefficient (Wildman–Crippen LogP) is 2.63. The number of rotatable bonds is 2. The third-order valence-electron chi connectivity index (χ3n) is 2.61. The molecule has 0 aliphatic carbocycles. The Kier molecular flexibility index (Phi) is 1.93. The number of hydrogen-bond acceptors (Lipinski definition) is 4. The number of nitrogens with one attached hydrogen (secondary N) is 2. The molecule has 0 saturated carbocycles. The van der Waals surface area contributed by atoms with Crippen molar-refractivity contribution in [2.75, 3.05) is 10.6 Å². The molecule has 80 valence electrons. The Labute approximate surface area is 92.3 Å². The number of anilines is 2. The third-order valence-corrected chi connectivity index (χ3v) is 2.61. The molecule has 1 aromatic carbocycles. The van der Waals surface area contributed by atoms with Crippen LogP contribution in [0.5, 0.6) is 0 Å². The summed E-state index contributed by atoms with van der Waals surface area (Å²) in [4.78, 5) is 10.6. The molecule has 0 fully saturated rings. The minimum atomic E-state index is -0.0631. The van der Waals surface area contributed by atoms with Gasteiger partial charge < -0.3 is 15.1 Å². The summed E-state index contributed by atoms with van der Waals surface area (Å²) >= 11 is 0. The Morgan fingerprint density at radius 3 is 2.81 bits per heavy atom. The van der Waals surface area contributed by atoms with Gasteiger partial charge in [0.25, 0.3) is 0 Å². The van der Waals surface area contributed by atoms with Gasteiger partial charge in [0.1, 0.15) is 12.0 Å². The van der Waals surface area contributed by atoms with Crippen molar-refractivity contribution in [2.24, 2.45) is 0 Å². The molecule has 1 atom stereocenters. The van der Waals surface area contributed by atoms with Crippen LogP contribution in [0.2, 0.25) is 0 Å². The molecule has 0 bridgehead atoms. The van der Waals surface area contributed by atoms with Gasteiger partial charge in [-0.05, 0) is 30.3 Å². The molecular formula is C12H10N2O2. The van der Waals surface area contributed by atoms with E-state index in [4.69, 9.17) is 4.42 Å². The molecule has 1 aromatic heterocycles. The molecule has 4 nitrogen and oxygen atoms in total. The largest absolute Gasteiger partial charge is 0.465 e. The Morgan fingerprint density at radius 2 is 2.06 bits per heavy atom. The average molecular weight is 214 g/mol. The number of carbonyl (C=O) groups is 1. The number of carbonyl (C=O) groups excluding carboxylic acids is 1. The Bertz CT molecular complexity index is 520. The van der Waals surface area contributed by atoms with Crippen molar-refractivity contribution >= 4 is 17.7 Å². The SMILES string of the molecule is O=Cc1ccc2c(c1)NC(c1ccco1)N2. The van der Waals surface area contributed by atoms with Crippen molar-refractivity contribution in [3.05, 3.63) is 47.9 Å². The summed E-state index contributed by atoms with van der Waals surface area (Å²) in [5.74, 6) is 0.823. The van der Waals surface area contributed by atoms with E-state index in [0.29, 0.717) is 5.56 Å². The third kappa shape index (κ3) is 1.35. The zero-order chi connectivity index (χ0) is 11.0. The second-order valence-corrected chi connectivity index (χ2v) is 3.66. The second kappa shape index (κ2) is 3.41. The van der Waals surface area contributed by atoms with Crippen LogP contribution in [0.25, 0.3) is 0 Å². The lowest BCUT2D eigenvalue weighted by atomic mass is 10.2. The van der Waals surface area contributed by atoms with Crippen LogP contribution in [-0.4, -0.2) is 6.29 Å². The van der Waals surface area contributed by atoms with Crippen LogP contribution in [0.15, 0.2) is 41.0 Å². The summed E-state index contributed by atoms with van der Waals surface area (Å²) in [7, 11) is 0. The zero-order valence-electron chi connectivity index (χ0n) is 8.44. The van der Waals surface area contributed by atoms with E-state index in [9.17, 15) is 4.79 Å². The molecule has 2 N–H and O–H groups in total. The van der Waals surface area contributed by atoms with Gasteiger partial charge in [0.2, 0.25) is 0 Å². The molecule has 3 rings (SSSR count). The maximum Gasteiger partial charge on any atom is 0.157 e. The van der Waals surface area contributed by atoms with Gasteiger partial charge in [0.05, 0.1) is 17.6 Å². The Morgan fingerprint density at radius 1 is 1.19 bits per heavy atom. The Balaban J connectivity index is 1.91. The maximum atomic E-state index is 10.6. The van der Waals surface area contributed by atoms with Gasteiger partial charge in [0, 0.05) is 5.56 Å². The van der Waals surface area contributed by atoms with E-state index < -0.39 is 0 Å². The normalized spacial score (nSPS) is 17.4. The van der Waals surface area contributed by atoms with E-state index in [1.165, 1.54) is 0 Å². The van der Waals surface area contributed by atoms with E-state index in [0.717, 1.165) is 23.4 Å². The van der Waals surface area contributed by atoms with Gasteiger partial charge in [0.15, 0.2) is 6.17 Å². The second-order valence-electron chi connectivity index (χ2n) is 3.66. The standard InChI is InChI=1S/C12H10N2O2/c15-7-8-3-4-9-10(6-8)14-12(13-9)11-2-1-5-16-11/h1-7,12-14H. The summed E-state index contributed by atoms with van der Waals surface area (Å²) in [6, 6.07) is 9.23. The molecule has 0 amide bonds. The van der Waals surface area contributed by atoms with E-state index in [1.807, 2.05) is 24.3 Å². The zero-order valence-corrected chi connectivity index (χ0v) is 8.44. The summed E-state index contributed by atoms with van der Waals surface area (Å²) in [5.41, 5.74) is 2.56. The molecule has 16 heavy (non-hydrogen) atoms. The lowest BCUT2D eigenvalue weighted by Crippen LogP contribution is -2.10. The van der Waals surface area contributed by atoms with E-state index in [-0.39, 0.29) is 6.17 Å². The fourth-order valence-corrected chi connectivity index (χ4v) is 1.83. The molecule has 1 aliphatic heterocycles. The molecule has 2 heterocycles. The van der Waals surface area contributed by atoms with Crippen LogP contribution in [0.3, 0.4) is 0 Å². The van der Waals surface area contributed by atoms with Gasteiger partial charge in [-0.15, -0.1) is 0 Å². The highest BCUT2D eigenvalue weighted by Gasteiger charge is 2.22. The van der Waals surface area contributed by atoms with Crippen LogP contribution in [-0.2, 0) is 0 Å². The van der Waals surface area contributed by atoms with Gasteiger partial charge in [-0.25, -0.2) is 0 Å². The first-order valence-electron chi connectivity index (χ1n) is 5.02. The molecule has 1 unspecified atom stereocenters. The van der Waals surface area contributed by atoms with Crippen molar-refractivity contribution < 1.29 is 9.21 Å². The fourth-order valence-electron chi connectivity index (χ4n) is 1.83. The number of fused-ring (bicyclic) bond motifs is 1. The first-order valence-corrected chi connectivity index (χ1v) is 5.02. The van der Waals surface area contributed by atoms with Crippen LogP contribution in [0.4, 0.5) is 11.4 Å². The van der Waals surface area contributed by atoms with Crippen LogP contribution in [0.1, 0.15) is 22.3 Å². The van der Waals surface area contributed by atoms with E-state index in [2.05, 4.69) is 10.6 Å². The first-order chi connectivity index (χ1) is 7.86. The highest BCUT2D eigenvalue weighted by molar-refractivity contribution is 5.83. The lowest BCUT2D eigenvalue weighted by molar-refractivity contribution is 0.112. The average Bonchev–Trinajstić information content (AvgIpc) is 2.96. The monoisotopic (exact) mass is 214 g/mol. The van der Waals surface area contributed by atoms with Gasteiger partial charge in [-0.1, -0.05) is 0 Å².